The summed E-state index contributed by atoms with van der Waals surface area (Å²) in [4.78, 5) is 0.304. The molecule has 0 fully saturated rings. The van der Waals surface area contributed by atoms with E-state index in [1.54, 1.807) is 25.1 Å². The highest BCUT2D eigenvalue weighted by molar-refractivity contribution is 9.10. The first-order chi connectivity index (χ1) is 9.31. The molecule has 0 aliphatic carbocycles. The molecule has 106 valence electrons. The highest BCUT2D eigenvalue weighted by Crippen LogP contribution is 2.27. The molecule has 0 amide bonds. The third-order valence-electron chi connectivity index (χ3n) is 3.07. The fraction of sp³-hybridized carbons (Fsp3) is 0.200. The van der Waals surface area contributed by atoms with Crippen molar-refractivity contribution >= 4 is 31.6 Å². The first-order valence-electron chi connectivity index (χ1n) is 6.16. The van der Waals surface area contributed by atoms with Crippen molar-refractivity contribution in [3.8, 4) is 0 Å². The van der Waals surface area contributed by atoms with Crippen molar-refractivity contribution in [1.29, 1.82) is 0 Å². The summed E-state index contributed by atoms with van der Waals surface area (Å²) in [5, 5.41) is 0. The van der Waals surface area contributed by atoms with Crippen molar-refractivity contribution in [3.05, 3.63) is 57.6 Å². The van der Waals surface area contributed by atoms with E-state index >= 15 is 0 Å². The van der Waals surface area contributed by atoms with E-state index in [2.05, 4.69) is 20.7 Å². The topological polar surface area (TPSA) is 46.2 Å². The minimum atomic E-state index is -3.56. The van der Waals surface area contributed by atoms with E-state index in [0.29, 0.717) is 10.6 Å². The van der Waals surface area contributed by atoms with E-state index in [9.17, 15) is 8.42 Å². The van der Waals surface area contributed by atoms with Gasteiger partial charge in [-0.25, -0.2) is 8.42 Å². The van der Waals surface area contributed by atoms with E-state index in [1.807, 2.05) is 32.0 Å². The van der Waals surface area contributed by atoms with E-state index in [1.165, 1.54) is 0 Å². The molecular formula is C15H16BrNO2S. The Kier molecular flexibility index (Phi) is 4.20. The van der Waals surface area contributed by atoms with Crippen LogP contribution < -0.4 is 4.72 Å². The molecule has 0 aromatic heterocycles. The van der Waals surface area contributed by atoms with Crippen molar-refractivity contribution in [1.82, 2.24) is 0 Å². The van der Waals surface area contributed by atoms with Crippen molar-refractivity contribution in [3.63, 3.8) is 0 Å². The minimum Gasteiger partial charge on any atom is -0.280 e. The number of halogens is 1. The van der Waals surface area contributed by atoms with Crippen LogP contribution in [0.3, 0.4) is 0 Å². The van der Waals surface area contributed by atoms with Gasteiger partial charge in [0.05, 0.1) is 4.90 Å². The molecule has 0 radical (unpaired) electrons. The van der Waals surface area contributed by atoms with Gasteiger partial charge in [0.2, 0.25) is 0 Å². The Labute approximate surface area is 128 Å². The molecule has 2 rings (SSSR count). The monoisotopic (exact) mass is 353 g/mol. The molecule has 0 spiro atoms. The van der Waals surface area contributed by atoms with Crippen LogP contribution in [0.1, 0.15) is 16.7 Å². The smallest absolute Gasteiger partial charge is 0.262 e. The molecule has 0 bridgehead atoms. The molecule has 0 aliphatic rings. The summed E-state index contributed by atoms with van der Waals surface area (Å²) in [5.41, 5.74) is 3.29. The Hall–Kier alpha value is -1.33. The third-order valence-corrected chi connectivity index (χ3v) is 5.86. The standard InChI is InChI=1S/C15H16BrNO2S/c1-10-6-4-5-7-14(10)20(18,19)17-13-8-11(2)15(16)12(3)9-13/h4-9,17H,1-3H3. The normalized spacial score (nSPS) is 11.4. The fourth-order valence-electron chi connectivity index (χ4n) is 2.07. The number of aryl methyl sites for hydroxylation is 3. The second kappa shape index (κ2) is 5.58. The Morgan fingerprint density at radius 3 is 2.05 bits per heavy atom. The number of sulfonamides is 1. The maximum absolute atomic E-state index is 12.4. The van der Waals surface area contributed by atoms with Crippen molar-refractivity contribution in [2.45, 2.75) is 25.7 Å². The third kappa shape index (κ3) is 3.04. The Balaban J connectivity index is 2.42. The first-order valence-corrected chi connectivity index (χ1v) is 8.44. The Bertz CT molecular complexity index is 731. The van der Waals surface area contributed by atoms with Gasteiger partial charge in [-0.15, -0.1) is 0 Å². The van der Waals surface area contributed by atoms with Crippen molar-refractivity contribution in [2.75, 3.05) is 4.72 Å². The highest BCUT2D eigenvalue weighted by atomic mass is 79.9. The number of benzene rings is 2. The van der Waals surface area contributed by atoms with Crippen LogP contribution in [0, 0.1) is 20.8 Å². The van der Waals surface area contributed by atoms with Gasteiger partial charge in [-0.2, -0.15) is 0 Å². The zero-order valence-electron chi connectivity index (χ0n) is 11.6. The average Bonchev–Trinajstić information content (AvgIpc) is 2.35. The van der Waals surface area contributed by atoms with Crippen LogP contribution in [0.25, 0.3) is 0 Å². The van der Waals surface area contributed by atoms with E-state index in [4.69, 9.17) is 0 Å². The predicted molar refractivity (Wildman–Crippen MR) is 85.6 cm³/mol. The second-order valence-corrected chi connectivity index (χ2v) is 7.24. The summed E-state index contributed by atoms with van der Waals surface area (Å²) in [5.74, 6) is 0. The van der Waals surface area contributed by atoms with Gasteiger partial charge in [0, 0.05) is 10.2 Å². The fourth-order valence-corrected chi connectivity index (χ4v) is 3.59. The molecule has 0 heterocycles. The summed E-state index contributed by atoms with van der Waals surface area (Å²) in [7, 11) is -3.56. The Morgan fingerprint density at radius 1 is 0.950 bits per heavy atom. The minimum absolute atomic E-state index is 0.304. The lowest BCUT2D eigenvalue weighted by Gasteiger charge is -2.12. The highest BCUT2D eigenvalue weighted by Gasteiger charge is 2.17. The average molecular weight is 354 g/mol. The molecule has 1 N–H and O–H groups in total. The van der Waals surface area contributed by atoms with E-state index < -0.39 is 10.0 Å². The summed E-state index contributed by atoms with van der Waals surface area (Å²) < 4.78 is 28.4. The quantitative estimate of drug-likeness (QED) is 0.899. The molecule has 2 aromatic carbocycles. The second-order valence-electron chi connectivity index (χ2n) is 4.80. The van der Waals surface area contributed by atoms with Gasteiger partial charge in [0.15, 0.2) is 0 Å². The van der Waals surface area contributed by atoms with E-state index in [0.717, 1.165) is 21.2 Å². The van der Waals surface area contributed by atoms with Crippen LogP contribution in [0.5, 0.6) is 0 Å². The summed E-state index contributed by atoms with van der Waals surface area (Å²) in [6.45, 7) is 5.65. The zero-order chi connectivity index (χ0) is 14.9. The molecule has 20 heavy (non-hydrogen) atoms. The van der Waals surface area contributed by atoms with Crippen LogP contribution in [-0.2, 0) is 10.0 Å². The lowest BCUT2D eigenvalue weighted by molar-refractivity contribution is 0.600. The van der Waals surface area contributed by atoms with Crippen LogP contribution in [-0.4, -0.2) is 8.42 Å². The van der Waals surface area contributed by atoms with Gasteiger partial charge in [-0.05, 0) is 55.7 Å². The number of rotatable bonds is 3. The van der Waals surface area contributed by atoms with Gasteiger partial charge in [-0.1, -0.05) is 34.1 Å². The number of hydrogen-bond acceptors (Lipinski definition) is 2. The molecule has 5 heteroatoms. The predicted octanol–water partition coefficient (Wildman–Crippen LogP) is 4.18. The molecule has 0 saturated heterocycles. The lowest BCUT2D eigenvalue weighted by Crippen LogP contribution is -2.14. The van der Waals surface area contributed by atoms with Gasteiger partial charge >= 0.3 is 0 Å². The molecule has 3 nitrogen and oxygen atoms in total. The number of hydrogen-bond donors (Lipinski definition) is 1. The van der Waals surface area contributed by atoms with Gasteiger partial charge < -0.3 is 0 Å². The van der Waals surface area contributed by atoms with Gasteiger partial charge in [0.25, 0.3) is 10.0 Å². The largest absolute Gasteiger partial charge is 0.280 e. The Morgan fingerprint density at radius 2 is 1.50 bits per heavy atom. The van der Waals surface area contributed by atoms with E-state index in [-0.39, 0.29) is 0 Å². The zero-order valence-corrected chi connectivity index (χ0v) is 14.0. The molecule has 0 atom stereocenters. The van der Waals surface area contributed by atoms with Crippen molar-refractivity contribution < 1.29 is 8.42 Å². The molecule has 0 saturated carbocycles. The maximum atomic E-state index is 12.4. The van der Waals surface area contributed by atoms with Crippen molar-refractivity contribution in [2.24, 2.45) is 0 Å². The van der Waals surface area contributed by atoms with Crippen LogP contribution >= 0.6 is 15.9 Å². The lowest BCUT2D eigenvalue weighted by atomic mass is 10.1. The van der Waals surface area contributed by atoms with Gasteiger partial charge in [-0.3, -0.25) is 4.72 Å². The molecule has 0 aliphatic heterocycles. The van der Waals surface area contributed by atoms with Crippen LogP contribution in [0.2, 0.25) is 0 Å². The van der Waals surface area contributed by atoms with Gasteiger partial charge in [0.1, 0.15) is 0 Å². The SMILES string of the molecule is Cc1ccccc1S(=O)(=O)Nc1cc(C)c(Br)c(C)c1. The number of anilines is 1. The first kappa shape index (κ1) is 15.1. The molecule has 2 aromatic rings. The molecular weight excluding hydrogens is 338 g/mol. The molecule has 0 unspecified atom stereocenters. The summed E-state index contributed by atoms with van der Waals surface area (Å²) in [6, 6.07) is 10.6. The number of nitrogens with one attached hydrogen (secondary N) is 1. The summed E-state index contributed by atoms with van der Waals surface area (Å²) in [6.07, 6.45) is 0. The van der Waals surface area contributed by atoms with Crippen LogP contribution in [0.4, 0.5) is 5.69 Å². The van der Waals surface area contributed by atoms with Crippen LogP contribution in [0.15, 0.2) is 45.8 Å². The summed E-state index contributed by atoms with van der Waals surface area (Å²) >= 11 is 3.47. The maximum Gasteiger partial charge on any atom is 0.262 e.